The summed E-state index contributed by atoms with van der Waals surface area (Å²) in [6.45, 7) is 2.11. The molecule has 9 nitrogen and oxygen atoms in total. The third kappa shape index (κ3) is 12.8. The Labute approximate surface area is 239 Å². The number of esters is 2. The Morgan fingerprint density at radius 2 is 1.85 bits per heavy atom. The van der Waals surface area contributed by atoms with Crippen LogP contribution in [-0.4, -0.2) is 65.4 Å². The van der Waals surface area contributed by atoms with Crippen molar-refractivity contribution in [2.75, 3.05) is 20.5 Å². The maximum absolute atomic E-state index is 12.8. The molecule has 1 aromatic rings. The van der Waals surface area contributed by atoms with E-state index in [1.165, 1.54) is 14.2 Å². The molecular formula is C30H44O9S. The van der Waals surface area contributed by atoms with Gasteiger partial charge in [-0.15, -0.1) is 0 Å². The fourth-order valence-electron chi connectivity index (χ4n) is 4.51. The van der Waals surface area contributed by atoms with Crippen LogP contribution in [0, 0.1) is 5.92 Å². The molecule has 1 aliphatic heterocycles. The highest BCUT2D eigenvalue weighted by Gasteiger charge is 2.39. The molecule has 0 bridgehead atoms. The molecule has 0 N–H and O–H groups in total. The summed E-state index contributed by atoms with van der Waals surface area (Å²) in [6.07, 6.45) is 12.2. The van der Waals surface area contributed by atoms with Gasteiger partial charge in [0.1, 0.15) is 6.10 Å². The lowest BCUT2D eigenvalue weighted by atomic mass is 9.87. The van der Waals surface area contributed by atoms with Crippen molar-refractivity contribution in [2.45, 2.75) is 89.3 Å². The van der Waals surface area contributed by atoms with E-state index in [9.17, 15) is 18.0 Å². The monoisotopic (exact) mass is 580 g/mol. The zero-order valence-corrected chi connectivity index (χ0v) is 24.8. The maximum Gasteiger partial charge on any atom is 0.338 e. The van der Waals surface area contributed by atoms with Gasteiger partial charge in [-0.2, -0.15) is 8.42 Å². The molecule has 1 heterocycles. The second-order valence-electron chi connectivity index (χ2n) is 9.87. The average Bonchev–Trinajstić information content (AvgIpc) is 2.93. The summed E-state index contributed by atoms with van der Waals surface area (Å²) in [5.41, 5.74) is 0.474. The van der Waals surface area contributed by atoms with E-state index in [2.05, 4.69) is 11.7 Å². The second-order valence-corrected chi connectivity index (χ2v) is 11.5. The smallest absolute Gasteiger partial charge is 0.338 e. The molecule has 5 atom stereocenters. The van der Waals surface area contributed by atoms with Gasteiger partial charge in [-0.1, -0.05) is 56.2 Å². The van der Waals surface area contributed by atoms with Crippen LogP contribution in [0.4, 0.5) is 0 Å². The molecule has 1 aromatic carbocycles. The number of methoxy groups -OCH3 is 2. The van der Waals surface area contributed by atoms with Crippen LogP contribution in [0.2, 0.25) is 0 Å². The Hall–Kier alpha value is -2.53. The van der Waals surface area contributed by atoms with Gasteiger partial charge in [0.15, 0.2) is 6.29 Å². The number of rotatable bonds is 17. The average molecular weight is 581 g/mol. The minimum absolute atomic E-state index is 0.248. The predicted molar refractivity (Wildman–Crippen MR) is 152 cm³/mol. The van der Waals surface area contributed by atoms with Gasteiger partial charge >= 0.3 is 11.9 Å². The first kappa shape index (κ1) is 33.7. The number of allylic oxidation sites excluding steroid dienone is 2. The molecule has 0 saturated carbocycles. The zero-order chi connectivity index (χ0) is 29.4. The number of hydrogen-bond donors (Lipinski definition) is 0. The van der Waals surface area contributed by atoms with Gasteiger partial charge in [0.25, 0.3) is 10.1 Å². The first-order valence-electron chi connectivity index (χ1n) is 13.9. The van der Waals surface area contributed by atoms with Crippen LogP contribution in [0.3, 0.4) is 0 Å². The van der Waals surface area contributed by atoms with Gasteiger partial charge in [0, 0.05) is 25.9 Å². The van der Waals surface area contributed by atoms with E-state index >= 15 is 0 Å². The Balaban J connectivity index is 2.22. The summed E-state index contributed by atoms with van der Waals surface area (Å²) in [5.74, 6) is -1.00. The molecule has 2 rings (SSSR count). The van der Waals surface area contributed by atoms with Crippen molar-refractivity contribution in [3.05, 3.63) is 60.2 Å². The standard InChI is InChI=1S/C30H44O9S/c1-5-6-10-17-24(37-30(32)23-15-11-9-12-16-23)20-21-26-25(18-13-7-8-14-19-28(31)35-2)27(39-40(4,33)34)22-29(36-3)38-26/h7,9,11-13,15-16,20-21,24-27,29H,5-6,8,10,14,17-19,22H2,1-4H3/b13-7-,21-20+/t24-,25-,26-,27-,29+/m1/s1. The van der Waals surface area contributed by atoms with Crippen molar-refractivity contribution in [1.29, 1.82) is 0 Å². The normalized spacial score (nSPS) is 22.4. The van der Waals surface area contributed by atoms with Crippen molar-refractivity contribution in [3.63, 3.8) is 0 Å². The third-order valence-corrected chi connectivity index (χ3v) is 7.22. The van der Waals surface area contributed by atoms with Crippen LogP contribution in [0.1, 0.15) is 75.1 Å². The van der Waals surface area contributed by atoms with Gasteiger partial charge in [-0.3, -0.25) is 8.98 Å². The van der Waals surface area contributed by atoms with E-state index in [0.29, 0.717) is 37.7 Å². The molecule has 1 fully saturated rings. The van der Waals surface area contributed by atoms with Crippen molar-refractivity contribution < 1.29 is 41.1 Å². The Morgan fingerprint density at radius 3 is 2.50 bits per heavy atom. The lowest BCUT2D eigenvalue weighted by Crippen LogP contribution is -2.46. The molecule has 1 aliphatic rings. The quantitative estimate of drug-likeness (QED) is 0.104. The number of carbonyl (C=O) groups is 2. The van der Waals surface area contributed by atoms with E-state index in [4.69, 9.17) is 18.4 Å². The molecule has 0 radical (unpaired) electrons. The van der Waals surface area contributed by atoms with Crippen molar-refractivity contribution in [1.82, 2.24) is 0 Å². The number of hydrogen-bond acceptors (Lipinski definition) is 9. The number of carbonyl (C=O) groups excluding carboxylic acids is 2. The lowest BCUT2D eigenvalue weighted by molar-refractivity contribution is -0.208. The zero-order valence-electron chi connectivity index (χ0n) is 24.0. The largest absolute Gasteiger partial charge is 0.469 e. The minimum atomic E-state index is -3.74. The van der Waals surface area contributed by atoms with Crippen molar-refractivity contribution >= 4 is 22.1 Å². The molecule has 10 heteroatoms. The molecule has 0 amide bonds. The van der Waals surface area contributed by atoms with E-state index in [0.717, 1.165) is 25.5 Å². The lowest BCUT2D eigenvalue weighted by Gasteiger charge is -2.39. The summed E-state index contributed by atoms with van der Waals surface area (Å²) >= 11 is 0. The number of ether oxygens (including phenoxy) is 4. The summed E-state index contributed by atoms with van der Waals surface area (Å²) < 4.78 is 51.7. The molecule has 224 valence electrons. The summed E-state index contributed by atoms with van der Waals surface area (Å²) in [4.78, 5) is 24.1. The highest BCUT2D eigenvalue weighted by Crippen LogP contribution is 2.33. The van der Waals surface area contributed by atoms with Crippen molar-refractivity contribution in [2.24, 2.45) is 5.92 Å². The van der Waals surface area contributed by atoms with Gasteiger partial charge in [-0.05, 0) is 50.3 Å². The third-order valence-electron chi connectivity index (χ3n) is 6.62. The second kappa shape index (κ2) is 18.0. The minimum Gasteiger partial charge on any atom is -0.469 e. The van der Waals surface area contributed by atoms with Crippen LogP contribution in [0.5, 0.6) is 0 Å². The van der Waals surface area contributed by atoms with Crippen LogP contribution in [0.25, 0.3) is 0 Å². The topological polar surface area (TPSA) is 114 Å². The Kier molecular flexibility index (Phi) is 15.2. The van der Waals surface area contributed by atoms with Crippen LogP contribution >= 0.6 is 0 Å². The van der Waals surface area contributed by atoms with E-state index in [-0.39, 0.29) is 18.3 Å². The fraction of sp³-hybridized carbons (Fsp3) is 0.600. The van der Waals surface area contributed by atoms with Crippen LogP contribution in [-0.2, 0) is 38.0 Å². The molecule has 40 heavy (non-hydrogen) atoms. The van der Waals surface area contributed by atoms with E-state index < -0.39 is 40.7 Å². The molecular weight excluding hydrogens is 536 g/mol. The Morgan fingerprint density at radius 1 is 1.10 bits per heavy atom. The highest BCUT2D eigenvalue weighted by atomic mass is 32.2. The summed E-state index contributed by atoms with van der Waals surface area (Å²) in [6, 6.07) is 8.83. The maximum atomic E-state index is 12.8. The Bertz CT molecular complexity index is 1050. The molecule has 0 spiro atoms. The van der Waals surface area contributed by atoms with Gasteiger partial charge in [0.05, 0.1) is 31.1 Å². The number of unbranched alkanes of at least 4 members (excludes halogenated alkanes) is 3. The van der Waals surface area contributed by atoms with Crippen LogP contribution in [0.15, 0.2) is 54.6 Å². The summed E-state index contributed by atoms with van der Waals surface area (Å²) in [5, 5.41) is 0. The summed E-state index contributed by atoms with van der Waals surface area (Å²) in [7, 11) is -0.874. The molecule has 0 aliphatic carbocycles. The SMILES string of the molecule is CCCCC[C@H](/C=C/[C@H]1O[C@H](OC)C[C@@H](OS(C)(=O)=O)[C@@H]1C/C=C\CCCC(=O)OC)OC(=O)c1ccccc1. The first-order chi connectivity index (χ1) is 19.2. The molecule has 0 aromatic heterocycles. The number of benzene rings is 1. The molecule has 0 unspecified atom stereocenters. The highest BCUT2D eigenvalue weighted by molar-refractivity contribution is 7.86. The van der Waals surface area contributed by atoms with Crippen molar-refractivity contribution in [3.8, 4) is 0 Å². The van der Waals surface area contributed by atoms with Crippen LogP contribution < -0.4 is 0 Å². The molecule has 1 saturated heterocycles. The van der Waals surface area contributed by atoms with Gasteiger partial charge in [0.2, 0.25) is 0 Å². The van der Waals surface area contributed by atoms with E-state index in [1.807, 2.05) is 30.4 Å². The van der Waals surface area contributed by atoms with Gasteiger partial charge < -0.3 is 18.9 Å². The predicted octanol–water partition coefficient (Wildman–Crippen LogP) is 5.36. The van der Waals surface area contributed by atoms with E-state index in [1.54, 1.807) is 24.3 Å². The van der Waals surface area contributed by atoms with Gasteiger partial charge in [-0.25, -0.2) is 4.79 Å². The fourth-order valence-corrected chi connectivity index (χ4v) is 5.18. The first-order valence-corrected chi connectivity index (χ1v) is 15.7.